The molecule has 0 aromatic heterocycles. The normalized spacial score (nSPS) is 12.3. The van der Waals surface area contributed by atoms with E-state index in [1.165, 1.54) is 18.2 Å². The van der Waals surface area contributed by atoms with E-state index in [1.54, 1.807) is 38.1 Å². The molecule has 0 amide bonds. The number of hydrogen-bond acceptors (Lipinski definition) is 6. The molecule has 0 heterocycles. The lowest BCUT2D eigenvalue weighted by Gasteiger charge is -2.27. The average Bonchev–Trinajstić information content (AvgIpc) is 2.63. The molecule has 2 aromatic carbocycles. The maximum absolute atomic E-state index is 13.5. The fraction of sp³-hybridized carbons (Fsp3) is 0.278. The van der Waals surface area contributed by atoms with Crippen molar-refractivity contribution >= 4 is 13.3 Å². The fourth-order valence-corrected chi connectivity index (χ4v) is 4.90. The van der Waals surface area contributed by atoms with Crippen LogP contribution < -0.4 is 0 Å². The van der Waals surface area contributed by atoms with Crippen LogP contribution in [-0.4, -0.2) is 18.1 Å². The Hall–Kier alpha value is -2.52. The van der Waals surface area contributed by atoms with E-state index in [2.05, 4.69) is 0 Å². The summed E-state index contributed by atoms with van der Waals surface area (Å²) in [6, 6.07) is 14.8. The molecular weight excluding hydrogens is 355 g/mol. The van der Waals surface area contributed by atoms with Gasteiger partial charge in [-0.15, -0.1) is 0 Å². The summed E-state index contributed by atoms with van der Waals surface area (Å²) in [6.45, 7) is 3.73. The highest BCUT2D eigenvalue weighted by molar-refractivity contribution is 7.54. The van der Waals surface area contributed by atoms with Gasteiger partial charge in [0.05, 0.1) is 29.8 Å². The molecule has 2 aromatic rings. The van der Waals surface area contributed by atoms with Crippen LogP contribution in [0.15, 0.2) is 48.5 Å². The van der Waals surface area contributed by atoms with Gasteiger partial charge < -0.3 is 9.05 Å². The zero-order valence-electron chi connectivity index (χ0n) is 14.5. The Morgan fingerprint density at radius 1 is 1.15 bits per heavy atom. The van der Waals surface area contributed by atoms with Crippen LogP contribution in [0, 0.1) is 21.4 Å². The molecule has 0 aliphatic rings. The topological polar surface area (TPSA) is 102 Å². The van der Waals surface area contributed by atoms with Gasteiger partial charge >= 0.3 is 7.60 Å². The molecule has 0 radical (unpaired) electrons. The number of nitro benzene ring substituents is 1. The third-order valence-corrected chi connectivity index (χ3v) is 6.16. The van der Waals surface area contributed by atoms with Crippen molar-refractivity contribution in [1.82, 2.24) is 0 Å². The molecule has 0 aliphatic heterocycles. The number of nitro groups is 1. The quantitative estimate of drug-likeness (QED) is 0.373. The lowest BCUT2D eigenvalue weighted by molar-refractivity contribution is -0.384. The highest BCUT2D eigenvalue weighted by Crippen LogP contribution is 2.64. The van der Waals surface area contributed by atoms with Gasteiger partial charge in [-0.25, -0.2) is 0 Å². The molecule has 0 N–H and O–H groups in total. The van der Waals surface area contributed by atoms with E-state index >= 15 is 0 Å². The molecule has 136 valence electrons. The van der Waals surface area contributed by atoms with Crippen molar-refractivity contribution in [1.29, 1.82) is 5.26 Å². The van der Waals surface area contributed by atoms with E-state index in [9.17, 15) is 19.9 Å². The second kappa shape index (κ2) is 8.72. The second-order valence-corrected chi connectivity index (χ2v) is 7.44. The number of nitrogens with zero attached hydrogens (tertiary/aromatic N) is 2. The van der Waals surface area contributed by atoms with Crippen LogP contribution in [0.2, 0.25) is 0 Å². The van der Waals surface area contributed by atoms with Crippen molar-refractivity contribution in [3.63, 3.8) is 0 Å². The SMILES string of the molecule is CCOP(=O)(OCC)C(c1ccccc1)c1ccc([N+](=O)[O-])cc1C#N. The monoisotopic (exact) mass is 374 g/mol. The first kappa shape index (κ1) is 19.8. The molecule has 7 nitrogen and oxygen atoms in total. The summed E-state index contributed by atoms with van der Waals surface area (Å²) >= 11 is 0. The Morgan fingerprint density at radius 2 is 1.77 bits per heavy atom. The molecule has 1 atom stereocenters. The third-order valence-electron chi connectivity index (χ3n) is 3.71. The minimum Gasteiger partial charge on any atom is -0.308 e. The zero-order valence-corrected chi connectivity index (χ0v) is 15.4. The van der Waals surface area contributed by atoms with Crippen molar-refractivity contribution in [2.45, 2.75) is 19.5 Å². The second-order valence-electron chi connectivity index (χ2n) is 5.33. The summed E-state index contributed by atoms with van der Waals surface area (Å²) in [5, 5.41) is 20.5. The minimum atomic E-state index is -3.67. The molecule has 0 saturated carbocycles. The minimum absolute atomic E-state index is 0.0627. The van der Waals surface area contributed by atoms with Crippen LogP contribution in [0.1, 0.15) is 36.2 Å². The summed E-state index contributed by atoms with van der Waals surface area (Å²) in [5.74, 6) is 0. The van der Waals surface area contributed by atoms with E-state index in [0.29, 0.717) is 11.1 Å². The van der Waals surface area contributed by atoms with Crippen LogP contribution in [0.4, 0.5) is 5.69 Å². The standard InChI is InChI=1S/C18H19N2O5P/c1-3-24-26(23,25-4-2)18(14-8-6-5-7-9-14)17-11-10-16(20(21)22)12-15(17)13-19/h5-12,18H,3-4H2,1-2H3. The molecule has 0 spiro atoms. The van der Waals surface area contributed by atoms with Crippen LogP contribution >= 0.6 is 7.60 Å². The van der Waals surface area contributed by atoms with E-state index < -0.39 is 18.2 Å². The molecule has 0 saturated heterocycles. The summed E-state index contributed by atoms with van der Waals surface area (Å²) in [4.78, 5) is 10.4. The Kier molecular flexibility index (Phi) is 6.64. The number of rotatable bonds is 8. The van der Waals surface area contributed by atoms with Crippen LogP contribution in [0.5, 0.6) is 0 Å². The summed E-state index contributed by atoms with van der Waals surface area (Å²) in [5.41, 5.74) is 0.00382. The predicted octanol–water partition coefficient (Wildman–Crippen LogP) is 4.82. The van der Waals surface area contributed by atoms with E-state index in [4.69, 9.17) is 9.05 Å². The highest BCUT2D eigenvalue weighted by Gasteiger charge is 2.39. The van der Waals surface area contributed by atoms with Gasteiger partial charge in [-0.05, 0) is 31.0 Å². The van der Waals surface area contributed by atoms with Gasteiger partial charge in [0, 0.05) is 12.1 Å². The molecule has 1 unspecified atom stereocenters. The first-order valence-electron chi connectivity index (χ1n) is 8.09. The molecule has 26 heavy (non-hydrogen) atoms. The molecule has 8 heteroatoms. The Bertz CT molecular complexity index is 854. The van der Waals surface area contributed by atoms with Gasteiger partial charge in [-0.3, -0.25) is 14.7 Å². The van der Waals surface area contributed by atoms with Crippen molar-refractivity contribution in [2.75, 3.05) is 13.2 Å². The third kappa shape index (κ3) is 4.17. The Balaban J connectivity index is 2.71. The van der Waals surface area contributed by atoms with Crippen molar-refractivity contribution in [3.05, 3.63) is 75.3 Å². The maximum atomic E-state index is 13.5. The van der Waals surface area contributed by atoms with Crippen molar-refractivity contribution in [2.24, 2.45) is 0 Å². The largest absolute Gasteiger partial charge is 0.342 e. The summed E-state index contributed by atoms with van der Waals surface area (Å²) in [6.07, 6.45) is 0. The highest BCUT2D eigenvalue weighted by atomic mass is 31.2. The number of hydrogen-bond donors (Lipinski definition) is 0. The number of nitriles is 1. The molecule has 2 rings (SSSR count). The fourth-order valence-electron chi connectivity index (χ4n) is 2.71. The molecule has 0 aliphatic carbocycles. The summed E-state index contributed by atoms with van der Waals surface area (Å²) in [7, 11) is -3.67. The zero-order chi connectivity index (χ0) is 19.2. The Morgan fingerprint density at radius 3 is 2.27 bits per heavy atom. The molecule has 0 bridgehead atoms. The number of benzene rings is 2. The van der Waals surface area contributed by atoms with Crippen molar-refractivity contribution < 1.29 is 18.5 Å². The van der Waals surface area contributed by atoms with Crippen LogP contribution in [0.3, 0.4) is 0 Å². The molecular formula is C18H19N2O5P. The average molecular weight is 374 g/mol. The summed E-state index contributed by atoms with van der Waals surface area (Å²) < 4.78 is 24.5. The van der Waals surface area contributed by atoms with Crippen LogP contribution in [-0.2, 0) is 13.6 Å². The number of non-ortho nitro benzene ring substituents is 1. The van der Waals surface area contributed by atoms with Gasteiger partial charge in [-0.2, -0.15) is 5.26 Å². The van der Waals surface area contributed by atoms with Crippen LogP contribution in [0.25, 0.3) is 0 Å². The van der Waals surface area contributed by atoms with Gasteiger partial charge in [0.1, 0.15) is 5.66 Å². The lowest BCUT2D eigenvalue weighted by atomic mass is 9.99. The van der Waals surface area contributed by atoms with Gasteiger partial charge in [0.2, 0.25) is 0 Å². The van der Waals surface area contributed by atoms with Gasteiger partial charge in [0.15, 0.2) is 0 Å². The smallest absolute Gasteiger partial charge is 0.308 e. The first-order chi connectivity index (χ1) is 12.5. The first-order valence-corrected chi connectivity index (χ1v) is 9.70. The Labute approximate surface area is 151 Å². The van der Waals surface area contributed by atoms with Gasteiger partial charge in [-0.1, -0.05) is 30.3 Å². The van der Waals surface area contributed by atoms with Gasteiger partial charge in [0.25, 0.3) is 5.69 Å². The molecule has 0 fully saturated rings. The van der Waals surface area contributed by atoms with Crippen molar-refractivity contribution in [3.8, 4) is 6.07 Å². The van der Waals surface area contributed by atoms with E-state index in [-0.39, 0.29) is 24.5 Å². The maximum Gasteiger partial charge on any atom is 0.342 e. The van der Waals surface area contributed by atoms with E-state index in [1.807, 2.05) is 12.1 Å². The predicted molar refractivity (Wildman–Crippen MR) is 97.0 cm³/mol. The van der Waals surface area contributed by atoms with E-state index in [0.717, 1.165) is 0 Å². The lowest BCUT2D eigenvalue weighted by Crippen LogP contribution is -2.10.